The largest absolute Gasteiger partial charge is 0.490 e. The molecule has 4 rings (SSSR count). The molecule has 0 aliphatic carbocycles. The molecule has 3 aromatic rings. The van der Waals surface area contributed by atoms with E-state index in [1.54, 1.807) is 12.1 Å². The van der Waals surface area contributed by atoms with Crippen LogP contribution in [0.3, 0.4) is 0 Å². The second-order valence-corrected chi connectivity index (χ2v) is 8.33. The van der Waals surface area contributed by atoms with Gasteiger partial charge in [0.15, 0.2) is 23.0 Å². The quantitative estimate of drug-likeness (QED) is 0.365. The summed E-state index contributed by atoms with van der Waals surface area (Å²) in [7, 11) is 0. The van der Waals surface area contributed by atoms with Crippen LogP contribution in [0.25, 0.3) is 0 Å². The summed E-state index contributed by atoms with van der Waals surface area (Å²) in [5.41, 5.74) is 2.67. The minimum atomic E-state index is 0.241. The van der Waals surface area contributed by atoms with Crippen LogP contribution in [0.4, 0.5) is 5.69 Å². The molecule has 0 unspecified atom stereocenters. The highest BCUT2D eigenvalue weighted by molar-refractivity contribution is 6.35. The van der Waals surface area contributed by atoms with Gasteiger partial charge < -0.3 is 24.3 Å². The van der Waals surface area contributed by atoms with Gasteiger partial charge in [0.2, 0.25) is 0 Å². The van der Waals surface area contributed by atoms with Gasteiger partial charge in [-0.25, -0.2) is 0 Å². The maximum Gasteiger partial charge on any atom is 0.180 e. The number of benzene rings is 3. The van der Waals surface area contributed by atoms with E-state index in [1.807, 2.05) is 43.3 Å². The second-order valence-electron chi connectivity index (χ2n) is 7.07. The third-order valence-corrected chi connectivity index (χ3v) is 5.66. The first-order chi connectivity index (χ1) is 15.5. The molecule has 1 heterocycles. The molecule has 0 aromatic heterocycles. The number of hydrogen-bond donors (Lipinski definition) is 1. The van der Waals surface area contributed by atoms with Crippen molar-refractivity contribution < 1.29 is 18.9 Å². The van der Waals surface area contributed by atoms with Gasteiger partial charge in [-0.1, -0.05) is 40.9 Å². The molecule has 0 radical (unpaired) electrons. The van der Waals surface area contributed by atoms with Crippen LogP contribution >= 0.6 is 34.8 Å². The Balaban J connectivity index is 1.48. The first-order valence-electron chi connectivity index (χ1n) is 10.2. The zero-order valence-corrected chi connectivity index (χ0v) is 19.7. The van der Waals surface area contributed by atoms with Crippen molar-refractivity contribution in [3.63, 3.8) is 0 Å². The number of nitrogens with one attached hydrogen (secondary N) is 1. The van der Waals surface area contributed by atoms with Crippen molar-refractivity contribution in [3.8, 4) is 23.0 Å². The predicted molar refractivity (Wildman–Crippen MR) is 128 cm³/mol. The lowest BCUT2D eigenvalue weighted by molar-refractivity contribution is 0.171. The molecule has 0 amide bonds. The SMILES string of the molecule is CCOc1cc(CNc2ccc3c(c2)OCCO3)cc(Cl)c1OCc1ccc(Cl)cc1Cl. The van der Waals surface area contributed by atoms with Gasteiger partial charge in [0, 0.05) is 33.9 Å². The molecule has 0 fully saturated rings. The lowest BCUT2D eigenvalue weighted by atomic mass is 10.2. The predicted octanol–water partition coefficient (Wildman–Crippen LogP) is 7.01. The molecule has 8 heteroatoms. The average molecular weight is 495 g/mol. The van der Waals surface area contributed by atoms with Crippen molar-refractivity contribution in [3.05, 3.63) is 74.7 Å². The molecule has 0 atom stereocenters. The highest BCUT2D eigenvalue weighted by Gasteiger charge is 2.15. The lowest BCUT2D eigenvalue weighted by Crippen LogP contribution is -2.15. The Morgan fingerprint density at radius 2 is 1.69 bits per heavy atom. The third kappa shape index (κ3) is 5.47. The zero-order valence-electron chi connectivity index (χ0n) is 17.4. The molecule has 32 heavy (non-hydrogen) atoms. The second kappa shape index (κ2) is 10.4. The Kier molecular flexibility index (Phi) is 7.40. The van der Waals surface area contributed by atoms with Gasteiger partial charge in [0.25, 0.3) is 0 Å². The van der Waals surface area contributed by atoms with Crippen molar-refractivity contribution in [2.45, 2.75) is 20.1 Å². The van der Waals surface area contributed by atoms with E-state index in [1.165, 1.54) is 0 Å². The van der Waals surface area contributed by atoms with Gasteiger partial charge in [-0.05, 0) is 48.9 Å². The van der Waals surface area contributed by atoms with Crippen LogP contribution in [-0.4, -0.2) is 19.8 Å². The summed E-state index contributed by atoms with van der Waals surface area (Å²) in [5.74, 6) is 2.54. The van der Waals surface area contributed by atoms with Gasteiger partial charge in [0.05, 0.1) is 11.6 Å². The Labute approximate surface area is 202 Å². The Hall–Kier alpha value is -2.47. The van der Waals surface area contributed by atoms with Gasteiger partial charge in [-0.3, -0.25) is 0 Å². The summed E-state index contributed by atoms with van der Waals surface area (Å²) in [6.07, 6.45) is 0. The summed E-state index contributed by atoms with van der Waals surface area (Å²) in [6, 6.07) is 14.8. The fourth-order valence-electron chi connectivity index (χ4n) is 3.27. The first-order valence-corrected chi connectivity index (χ1v) is 11.3. The number of hydrogen-bond acceptors (Lipinski definition) is 5. The van der Waals surface area contributed by atoms with Crippen LogP contribution in [0.5, 0.6) is 23.0 Å². The molecule has 1 N–H and O–H groups in total. The first kappa shape index (κ1) is 22.7. The number of ether oxygens (including phenoxy) is 4. The van der Waals surface area contributed by atoms with E-state index in [0.29, 0.717) is 52.9 Å². The molecular weight excluding hydrogens is 473 g/mol. The fourth-order valence-corrected chi connectivity index (χ4v) is 4.02. The Morgan fingerprint density at radius 1 is 0.875 bits per heavy atom. The normalized spacial score (nSPS) is 12.4. The monoisotopic (exact) mass is 493 g/mol. The minimum absolute atomic E-state index is 0.241. The third-order valence-electron chi connectivity index (χ3n) is 4.80. The number of halogens is 3. The van der Waals surface area contributed by atoms with Gasteiger partial charge in [-0.2, -0.15) is 0 Å². The summed E-state index contributed by atoms with van der Waals surface area (Å²) in [4.78, 5) is 0. The standard InChI is InChI=1S/C24H22Cl3NO4/c1-2-29-23-10-15(13-28-18-5-6-21-22(12-18)31-8-7-30-21)9-20(27)24(23)32-14-16-3-4-17(25)11-19(16)26/h3-6,9-12,28H,2,7-8,13-14H2,1H3. The van der Waals surface area contributed by atoms with E-state index < -0.39 is 0 Å². The smallest absolute Gasteiger partial charge is 0.180 e. The number of fused-ring (bicyclic) bond motifs is 1. The van der Waals surface area contributed by atoms with Gasteiger partial charge in [-0.15, -0.1) is 0 Å². The minimum Gasteiger partial charge on any atom is -0.490 e. The summed E-state index contributed by atoms with van der Waals surface area (Å²) >= 11 is 18.8. The van der Waals surface area contributed by atoms with Crippen LogP contribution in [0.15, 0.2) is 48.5 Å². The zero-order chi connectivity index (χ0) is 22.5. The molecule has 1 aliphatic heterocycles. The van der Waals surface area contributed by atoms with Crippen LogP contribution in [0.1, 0.15) is 18.1 Å². The number of rotatable bonds is 8. The van der Waals surface area contributed by atoms with E-state index in [-0.39, 0.29) is 6.61 Å². The lowest BCUT2D eigenvalue weighted by Gasteiger charge is -2.19. The van der Waals surface area contributed by atoms with Gasteiger partial charge in [0.1, 0.15) is 19.8 Å². The topological polar surface area (TPSA) is 49.0 Å². The molecule has 1 aliphatic rings. The van der Waals surface area contributed by atoms with Crippen LogP contribution < -0.4 is 24.3 Å². The fraction of sp³-hybridized carbons (Fsp3) is 0.250. The molecule has 0 saturated heterocycles. The molecular formula is C24H22Cl3NO4. The summed E-state index contributed by atoms with van der Waals surface area (Å²) < 4.78 is 23.0. The molecule has 168 valence electrons. The summed E-state index contributed by atoms with van der Waals surface area (Å²) in [5, 5.41) is 4.94. The summed E-state index contributed by atoms with van der Waals surface area (Å²) in [6.45, 7) is 4.29. The van der Waals surface area contributed by atoms with Crippen LogP contribution in [0, 0.1) is 0 Å². The van der Waals surface area contributed by atoms with Crippen LogP contribution in [-0.2, 0) is 13.2 Å². The van der Waals surface area contributed by atoms with Crippen molar-refractivity contribution >= 4 is 40.5 Å². The Bertz CT molecular complexity index is 1110. The molecule has 0 spiro atoms. The average Bonchev–Trinajstić information content (AvgIpc) is 2.78. The van der Waals surface area contributed by atoms with E-state index in [9.17, 15) is 0 Å². The van der Waals surface area contributed by atoms with Crippen molar-refractivity contribution in [2.75, 3.05) is 25.1 Å². The molecule has 5 nitrogen and oxygen atoms in total. The Morgan fingerprint density at radius 3 is 2.47 bits per heavy atom. The van der Waals surface area contributed by atoms with E-state index in [4.69, 9.17) is 53.8 Å². The van der Waals surface area contributed by atoms with E-state index >= 15 is 0 Å². The highest BCUT2D eigenvalue weighted by Crippen LogP contribution is 2.38. The highest BCUT2D eigenvalue weighted by atomic mass is 35.5. The van der Waals surface area contributed by atoms with Crippen molar-refractivity contribution in [1.82, 2.24) is 0 Å². The maximum atomic E-state index is 6.55. The van der Waals surface area contributed by atoms with Crippen molar-refractivity contribution in [2.24, 2.45) is 0 Å². The maximum absolute atomic E-state index is 6.55. The van der Waals surface area contributed by atoms with E-state index in [2.05, 4.69) is 5.32 Å². The van der Waals surface area contributed by atoms with E-state index in [0.717, 1.165) is 28.3 Å². The number of anilines is 1. The molecule has 0 bridgehead atoms. The molecule has 0 saturated carbocycles. The molecule has 3 aromatic carbocycles. The van der Waals surface area contributed by atoms with Crippen LogP contribution in [0.2, 0.25) is 15.1 Å². The van der Waals surface area contributed by atoms with Crippen molar-refractivity contribution in [1.29, 1.82) is 0 Å². The van der Waals surface area contributed by atoms with Gasteiger partial charge >= 0.3 is 0 Å².